The number of hydrogen-bond acceptors (Lipinski definition) is 3. The van der Waals surface area contributed by atoms with Crippen LogP contribution >= 0.6 is 11.8 Å². The van der Waals surface area contributed by atoms with Crippen LogP contribution in [0.4, 0.5) is 0 Å². The molecule has 34 heavy (non-hydrogen) atoms. The van der Waals surface area contributed by atoms with Gasteiger partial charge in [-0.3, -0.25) is 9.59 Å². The van der Waals surface area contributed by atoms with Crippen LogP contribution in [-0.4, -0.2) is 35.1 Å². The Morgan fingerprint density at radius 1 is 0.853 bits per heavy atom. The van der Waals surface area contributed by atoms with Gasteiger partial charge in [-0.1, -0.05) is 90.0 Å². The maximum Gasteiger partial charge on any atom is 0.243 e. The van der Waals surface area contributed by atoms with Crippen molar-refractivity contribution >= 4 is 23.6 Å². The normalized spacial score (nSPS) is 11.6. The van der Waals surface area contributed by atoms with E-state index >= 15 is 0 Å². The fourth-order valence-corrected chi connectivity index (χ4v) is 4.96. The van der Waals surface area contributed by atoms with Gasteiger partial charge in [-0.25, -0.2) is 0 Å². The van der Waals surface area contributed by atoms with Crippen LogP contribution < -0.4 is 5.32 Å². The average Bonchev–Trinajstić information content (AvgIpc) is 2.82. The van der Waals surface area contributed by atoms with Gasteiger partial charge in [0.1, 0.15) is 6.04 Å². The molecule has 0 saturated carbocycles. The molecule has 3 aromatic carbocycles. The second kappa shape index (κ2) is 13.0. The summed E-state index contributed by atoms with van der Waals surface area (Å²) < 4.78 is 0. The Bertz CT molecular complexity index is 1050. The number of nitrogens with one attached hydrogen (secondary N) is 1. The van der Waals surface area contributed by atoms with Crippen molar-refractivity contribution in [3.8, 4) is 0 Å². The third-order valence-electron chi connectivity index (χ3n) is 5.59. The molecule has 0 aliphatic rings. The van der Waals surface area contributed by atoms with Crippen LogP contribution in [0, 0.1) is 13.8 Å². The van der Waals surface area contributed by atoms with Crippen LogP contribution in [0.2, 0.25) is 0 Å². The Hall–Kier alpha value is -3.05. The molecule has 1 N–H and O–H groups in total. The molecule has 178 valence electrons. The molecule has 0 spiro atoms. The molecule has 0 aromatic heterocycles. The largest absolute Gasteiger partial charge is 0.355 e. The first-order chi connectivity index (χ1) is 16.5. The van der Waals surface area contributed by atoms with Gasteiger partial charge in [0, 0.05) is 25.3 Å². The van der Waals surface area contributed by atoms with Crippen LogP contribution in [-0.2, 0) is 28.3 Å². The lowest BCUT2D eigenvalue weighted by Crippen LogP contribution is -2.51. The number of benzene rings is 3. The lowest BCUT2D eigenvalue weighted by molar-refractivity contribution is -0.139. The van der Waals surface area contributed by atoms with Crippen molar-refractivity contribution in [3.63, 3.8) is 0 Å². The van der Waals surface area contributed by atoms with E-state index in [2.05, 4.69) is 37.4 Å². The number of carbonyl (C=O) groups excluding carboxylic acids is 2. The van der Waals surface area contributed by atoms with Crippen molar-refractivity contribution in [3.05, 3.63) is 107 Å². The summed E-state index contributed by atoms with van der Waals surface area (Å²) >= 11 is 1.60. The van der Waals surface area contributed by atoms with Crippen molar-refractivity contribution < 1.29 is 9.59 Å². The Balaban J connectivity index is 1.80. The molecular weight excluding hydrogens is 440 g/mol. The van der Waals surface area contributed by atoms with Gasteiger partial charge in [0.2, 0.25) is 11.8 Å². The van der Waals surface area contributed by atoms with E-state index in [9.17, 15) is 9.59 Å². The fourth-order valence-electron chi connectivity index (χ4n) is 4.12. The number of rotatable bonds is 11. The van der Waals surface area contributed by atoms with Crippen molar-refractivity contribution in [2.24, 2.45) is 0 Å². The molecule has 1 unspecified atom stereocenters. The lowest BCUT2D eigenvalue weighted by Gasteiger charge is -2.31. The van der Waals surface area contributed by atoms with Gasteiger partial charge in [-0.05, 0) is 37.5 Å². The van der Waals surface area contributed by atoms with Gasteiger partial charge in [0.05, 0.1) is 5.75 Å². The maximum absolute atomic E-state index is 13.5. The highest BCUT2D eigenvalue weighted by Gasteiger charge is 2.30. The van der Waals surface area contributed by atoms with E-state index in [4.69, 9.17) is 0 Å². The standard InChI is InChI=1S/C29H34N2O2S/c1-4-30-29(33)27(18-24-11-7-5-8-12-24)31(19-25-13-9-6-10-14-25)28(32)21-34-20-26-16-22(2)15-23(3)17-26/h5-17,27H,4,18-21H2,1-3H3,(H,30,33). The fraction of sp³-hybridized carbons (Fsp3) is 0.310. The molecule has 0 fully saturated rings. The number of likely N-dealkylation sites (N-methyl/N-ethyl adjacent to an activating group) is 1. The van der Waals surface area contributed by atoms with Crippen LogP contribution in [0.5, 0.6) is 0 Å². The van der Waals surface area contributed by atoms with E-state index in [0.29, 0.717) is 25.3 Å². The SMILES string of the molecule is CCNC(=O)C(Cc1ccccc1)N(Cc1ccccc1)C(=O)CSCc1cc(C)cc(C)c1. The zero-order valence-electron chi connectivity index (χ0n) is 20.3. The first kappa shape index (κ1) is 25.6. The molecule has 0 saturated heterocycles. The molecule has 3 aromatic rings. The van der Waals surface area contributed by atoms with Crippen LogP contribution in [0.3, 0.4) is 0 Å². The molecule has 3 rings (SSSR count). The average molecular weight is 475 g/mol. The number of carbonyl (C=O) groups is 2. The molecule has 0 aliphatic heterocycles. The molecular formula is C29H34N2O2S. The second-order valence-electron chi connectivity index (χ2n) is 8.60. The van der Waals surface area contributed by atoms with Crippen molar-refractivity contribution in [1.82, 2.24) is 10.2 Å². The Labute approximate surface area is 207 Å². The Morgan fingerprint density at radius 3 is 2.03 bits per heavy atom. The maximum atomic E-state index is 13.5. The summed E-state index contributed by atoms with van der Waals surface area (Å²) in [6.45, 7) is 7.01. The quantitative estimate of drug-likeness (QED) is 0.410. The monoisotopic (exact) mass is 474 g/mol. The van der Waals surface area contributed by atoms with Crippen molar-refractivity contribution in [1.29, 1.82) is 0 Å². The molecule has 0 heterocycles. The highest BCUT2D eigenvalue weighted by atomic mass is 32.2. The summed E-state index contributed by atoms with van der Waals surface area (Å²) in [6.07, 6.45) is 0.479. The summed E-state index contributed by atoms with van der Waals surface area (Å²) in [7, 11) is 0. The highest BCUT2D eigenvalue weighted by molar-refractivity contribution is 7.99. The van der Waals surface area contributed by atoms with Gasteiger partial charge < -0.3 is 10.2 Å². The summed E-state index contributed by atoms with van der Waals surface area (Å²) in [6, 6.07) is 25.7. The third kappa shape index (κ3) is 7.77. The predicted octanol–water partition coefficient (Wildman–Crippen LogP) is 5.31. The van der Waals surface area contributed by atoms with Gasteiger partial charge in [-0.2, -0.15) is 0 Å². The van der Waals surface area contributed by atoms with Crippen molar-refractivity contribution in [2.75, 3.05) is 12.3 Å². The van der Waals surface area contributed by atoms with Crippen molar-refractivity contribution in [2.45, 2.75) is 45.5 Å². The third-order valence-corrected chi connectivity index (χ3v) is 6.58. The molecule has 0 bridgehead atoms. The number of nitrogens with zero attached hydrogens (tertiary/aromatic N) is 1. The Kier molecular flexibility index (Phi) is 9.77. The second-order valence-corrected chi connectivity index (χ2v) is 9.58. The van der Waals surface area contributed by atoms with Crippen LogP contribution in [0.15, 0.2) is 78.9 Å². The van der Waals surface area contributed by atoms with E-state index in [0.717, 1.165) is 16.9 Å². The van der Waals surface area contributed by atoms with E-state index in [1.165, 1.54) is 16.7 Å². The number of thioether (sulfide) groups is 1. The zero-order valence-corrected chi connectivity index (χ0v) is 21.1. The van der Waals surface area contributed by atoms with Gasteiger partial charge in [0.15, 0.2) is 0 Å². The lowest BCUT2D eigenvalue weighted by atomic mass is 10.0. The highest BCUT2D eigenvalue weighted by Crippen LogP contribution is 2.19. The predicted molar refractivity (Wildman–Crippen MR) is 142 cm³/mol. The van der Waals surface area contributed by atoms with E-state index in [1.54, 1.807) is 16.7 Å². The number of amides is 2. The minimum absolute atomic E-state index is 0.0228. The number of aryl methyl sites for hydroxylation is 2. The molecule has 4 nitrogen and oxygen atoms in total. The van der Waals surface area contributed by atoms with E-state index in [-0.39, 0.29) is 11.8 Å². The smallest absolute Gasteiger partial charge is 0.243 e. The molecule has 2 amide bonds. The van der Waals surface area contributed by atoms with E-state index in [1.807, 2.05) is 67.6 Å². The molecule has 0 aliphatic carbocycles. The molecule has 0 radical (unpaired) electrons. The van der Waals surface area contributed by atoms with E-state index < -0.39 is 6.04 Å². The molecule has 1 atom stereocenters. The summed E-state index contributed by atoms with van der Waals surface area (Å²) in [5.41, 5.74) is 5.72. The number of hydrogen-bond donors (Lipinski definition) is 1. The topological polar surface area (TPSA) is 49.4 Å². The van der Waals surface area contributed by atoms with Gasteiger partial charge in [-0.15, -0.1) is 11.8 Å². The summed E-state index contributed by atoms with van der Waals surface area (Å²) in [5.74, 6) is 0.947. The van der Waals surface area contributed by atoms with Gasteiger partial charge in [0.25, 0.3) is 0 Å². The minimum Gasteiger partial charge on any atom is -0.355 e. The van der Waals surface area contributed by atoms with Crippen LogP contribution in [0.25, 0.3) is 0 Å². The van der Waals surface area contributed by atoms with Crippen LogP contribution in [0.1, 0.15) is 34.7 Å². The summed E-state index contributed by atoms with van der Waals surface area (Å²) in [5, 5.41) is 2.94. The Morgan fingerprint density at radius 2 is 1.44 bits per heavy atom. The minimum atomic E-state index is -0.572. The zero-order chi connectivity index (χ0) is 24.3. The summed E-state index contributed by atoms with van der Waals surface area (Å²) in [4.78, 5) is 28.4. The van der Waals surface area contributed by atoms with Gasteiger partial charge >= 0.3 is 0 Å². The molecule has 5 heteroatoms. The first-order valence-corrected chi connectivity index (χ1v) is 12.9. The first-order valence-electron chi connectivity index (χ1n) is 11.8.